The SMILES string of the molecule is COc1ccc(CN2CCC3(CC[C@@H](CNC(=O)[C@H]4CCCO4)O3)CC2)c(OC)c1C. The van der Waals surface area contributed by atoms with E-state index < -0.39 is 0 Å². The molecule has 3 aliphatic rings. The van der Waals surface area contributed by atoms with Crippen molar-refractivity contribution >= 4 is 5.91 Å². The normalized spacial score (nSPS) is 25.6. The van der Waals surface area contributed by atoms with Gasteiger partial charge in [0.15, 0.2) is 0 Å². The molecule has 3 heterocycles. The van der Waals surface area contributed by atoms with E-state index in [4.69, 9.17) is 18.9 Å². The van der Waals surface area contributed by atoms with E-state index in [1.807, 2.05) is 13.0 Å². The summed E-state index contributed by atoms with van der Waals surface area (Å²) in [6, 6.07) is 4.13. The molecule has 1 aromatic carbocycles. The second kappa shape index (κ2) is 9.76. The molecule has 1 spiro atoms. The van der Waals surface area contributed by atoms with Crippen molar-refractivity contribution in [2.75, 3.05) is 40.5 Å². The zero-order chi connectivity index (χ0) is 21.8. The lowest BCUT2D eigenvalue weighted by Crippen LogP contribution is -2.45. The predicted molar refractivity (Wildman–Crippen MR) is 118 cm³/mol. The van der Waals surface area contributed by atoms with Gasteiger partial charge in [0.25, 0.3) is 0 Å². The zero-order valence-corrected chi connectivity index (χ0v) is 19.1. The molecule has 0 aromatic heterocycles. The van der Waals surface area contributed by atoms with Gasteiger partial charge in [0.05, 0.1) is 25.9 Å². The van der Waals surface area contributed by atoms with Crippen molar-refractivity contribution in [3.63, 3.8) is 0 Å². The minimum Gasteiger partial charge on any atom is -0.496 e. The van der Waals surface area contributed by atoms with Crippen LogP contribution in [-0.4, -0.2) is 69.1 Å². The summed E-state index contributed by atoms with van der Waals surface area (Å²) in [5.41, 5.74) is 2.21. The first-order valence-corrected chi connectivity index (χ1v) is 11.5. The average molecular weight is 433 g/mol. The van der Waals surface area contributed by atoms with Gasteiger partial charge in [-0.05, 0) is 51.5 Å². The average Bonchev–Trinajstić information content (AvgIpc) is 3.45. The Balaban J connectivity index is 1.26. The van der Waals surface area contributed by atoms with Crippen LogP contribution in [-0.2, 0) is 20.8 Å². The number of nitrogens with one attached hydrogen (secondary N) is 1. The Morgan fingerprint density at radius 2 is 2.00 bits per heavy atom. The molecule has 0 radical (unpaired) electrons. The second-order valence-corrected chi connectivity index (χ2v) is 9.07. The monoisotopic (exact) mass is 432 g/mol. The fourth-order valence-corrected chi connectivity index (χ4v) is 5.24. The molecule has 4 rings (SSSR count). The van der Waals surface area contributed by atoms with Gasteiger partial charge in [0.2, 0.25) is 5.91 Å². The number of rotatable bonds is 7. The summed E-state index contributed by atoms with van der Waals surface area (Å²) in [6.45, 7) is 6.19. The molecule has 3 saturated heterocycles. The van der Waals surface area contributed by atoms with Gasteiger partial charge in [-0.3, -0.25) is 9.69 Å². The van der Waals surface area contributed by atoms with E-state index in [1.165, 1.54) is 5.56 Å². The standard InChI is InChI=1S/C24H36N2O5/c1-17-20(28-2)7-6-18(22(17)29-3)16-26-12-10-24(11-13-26)9-8-19(31-24)15-25-23(27)21-5-4-14-30-21/h6-7,19,21H,4-5,8-16H2,1-3H3,(H,25,27)/t19-,21+/m0/s1. The number of carbonyl (C=O) groups excluding carboxylic acids is 1. The molecule has 3 fully saturated rings. The lowest BCUT2D eigenvalue weighted by molar-refractivity contribution is -0.131. The van der Waals surface area contributed by atoms with Crippen LogP contribution < -0.4 is 14.8 Å². The van der Waals surface area contributed by atoms with Crippen molar-refractivity contribution in [3.8, 4) is 11.5 Å². The van der Waals surface area contributed by atoms with Crippen molar-refractivity contribution in [1.29, 1.82) is 0 Å². The van der Waals surface area contributed by atoms with Crippen LogP contribution >= 0.6 is 0 Å². The number of carbonyl (C=O) groups is 1. The molecular formula is C24H36N2O5. The fraction of sp³-hybridized carbons (Fsp3) is 0.708. The zero-order valence-electron chi connectivity index (χ0n) is 19.1. The number of amides is 1. The van der Waals surface area contributed by atoms with Crippen molar-refractivity contribution in [3.05, 3.63) is 23.3 Å². The van der Waals surface area contributed by atoms with Crippen LogP contribution in [0.1, 0.15) is 49.7 Å². The van der Waals surface area contributed by atoms with Crippen molar-refractivity contribution in [2.24, 2.45) is 0 Å². The van der Waals surface area contributed by atoms with Gasteiger partial charge in [0.1, 0.15) is 17.6 Å². The third-order valence-corrected chi connectivity index (χ3v) is 7.09. The molecule has 3 aliphatic heterocycles. The molecule has 1 aromatic rings. The van der Waals surface area contributed by atoms with Gasteiger partial charge in [-0.15, -0.1) is 0 Å². The summed E-state index contributed by atoms with van der Waals surface area (Å²) in [5.74, 6) is 1.79. The highest BCUT2D eigenvalue weighted by molar-refractivity contribution is 5.80. The van der Waals surface area contributed by atoms with E-state index in [1.54, 1.807) is 14.2 Å². The summed E-state index contributed by atoms with van der Waals surface area (Å²) < 4.78 is 23.0. The summed E-state index contributed by atoms with van der Waals surface area (Å²) in [4.78, 5) is 14.7. The molecule has 31 heavy (non-hydrogen) atoms. The number of hydrogen-bond donors (Lipinski definition) is 1. The molecular weight excluding hydrogens is 396 g/mol. The van der Waals surface area contributed by atoms with Crippen LogP contribution in [0, 0.1) is 6.92 Å². The maximum absolute atomic E-state index is 12.2. The van der Waals surface area contributed by atoms with E-state index in [9.17, 15) is 4.79 Å². The summed E-state index contributed by atoms with van der Waals surface area (Å²) in [5, 5.41) is 3.03. The summed E-state index contributed by atoms with van der Waals surface area (Å²) in [7, 11) is 3.41. The Kier molecular flexibility index (Phi) is 7.04. The molecule has 0 saturated carbocycles. The summed E-state index contributed by atoms with van der Waals surface area (Å²) >= 11 is 0. The Labute approximate surface area is 185 Å². The molecule has 1 amide bonds. The van der Waals surface area contributed by atoms with Crippen molar-refractivity contribution in [2.45, 2.75) is 69.8 Å². The van der Waals surface area contributed by atoms with Gasteiger partial charge in [0, 0.05) is 43.9 Å². The summed E-state index contributed by atoms with van der Waals surface area (Å²) in [6.07, 6.45) is 5.79. The maximum Gasteiger partial charge on any atom is 0.249 e. The minimum absolute atomic E-state index is 0.0144. The maximum atomic E-state index is 12.2. The molecule has 1 N–H and O–H groups in total. The molecule has 7 nitrogen and oxygen atoms in total. The number of methoxy groups -OCH3 is 2. The van der Waals surface area contributed by atoms with Crippen LogP contribution in [0.3, 0.4) is 0 Å². The third kappa shape index (κ3) is 4.99. The first-order valence-electron chi connectivity index (χ1n) is 11.5. The third-order valence-electron chi connectivity index (χ3n) is 7.09. The second-order valence-electron chi connectivity index (χ2n) is 9.07. The Hall–Kier alpha value is -1.83. The number of ether oxygens (including phenoxy) is 4. The smallest absolute Gasteiger partial charge is 0.249 e. The van der Waals surface area contributed by atoms with E-state index in [0.29, 0.717) is 13.2 Å². The van der Waals surface area contributed by atoms with E-state index in [2.05, 4.69) is 16.3 Å². The highest BCUT2D eigenvalue weighted by Gasteiger charge is 2.42. The number of nitrogens with zero attached hydrogens (tertiary/aromatic N) is 1. The van der Waals surface area contributed by atoms with Gasteiger partial charge in [-0.1, -0.05) is 6.07 Å². The Morgan fingerprint density at radius 1 is 1.19 bits per heavy atom. The first kappa shape index (κ1) is 22.4. The topological polar surface area (TPSA) is 69.3 Å². The molecule has 172 valence electrons. The molecule has 0 aliphatic carbocycles. The van der Waals surface area contributed by atoms with Crippen LogP contribution in [0.15, 0.2) is 12.1 Å². The quantitative estimate of drug-likeness (QED) is 0.715. The lowest BCUT2D eigenvalue weighted by atomic mass is 9.88. The van der Waals surface area contributed by atoms with Gasteiger partial charge >= 0.3 is 0 Å². The van der Waals surface area contributed by atoms with Gasteiger partial charge in [-0.25, -0.2) is 0 Å². The van der Waals surface area contributed by atoms with E-state index in [-0.39, 0.29) is 23.7 Å². The highest BCUT2D eigenvalue weighted by atomic mass is 16.5. The van der Waals surface area contributed by atoms with Crippen LogP contribution in [0.25, 0.3) is 0 Å². The largest absolute Gasteiger partial charge is 0.496 e. The fourth-order valence-electron chi connectivity index (χ4n) is 5.24. The van der Waals surface area contributed by atoms with Crippen LogP contribution in [0.5, 0.6) is 11.5 Å². The molecule has 7 heteroatoms. The number of hydrogen-bond acceptors (Lipinski definition) is 6. The molecule has 0 unspecified atom stereocenters. The first-order chi connectivity index (χ1) is 15.0. The lowest BCUT2D eigenvalue weighted by Gasteiger charge is -2.39. The predicted octanol–water partition coefficient (Wildman–Crippen LogP) is 2.82. The van der Waals surface area contributed by atoms with E-state index in [0.717, 1.165) is 75.2 Å². The number of likely N-dealkylation sites (tertiary alicyclic amines) is 1. The Morgan fingerprint density at radius 3 is 2.68 bits per heavy atom. The number of benzene rings is 1. The molecule has 2 atom stereocenters. The Bertz CT molecular complexity index is 769. The minimum atomic E-state index is -0.266. The van der Waals surface area contributed by atoms with Crippen molar-refractivity contribution in [1.82, 2.24) is 10.2 Å². The van der Waals surface area contributed by atoms with Gasteiger partial charge < -0.3 is 24.3 Å². The van der Waals surface area contributed by atoms with E-state index >= 15 is 0 Å². The number of piperidine rings is 1. The van der Waals surface area contributed by atoms with Crippen LogP contribution in [0.4, 0.5) is 0 Å². The van der Waals surface area contributed by atoms with Crippen LogP contribution in [0.2, 0.25) is 0 Å². The highest BCUT2D eigenvalue weighted by Crippen LogP contribution is 2.40. The van der Waals surface area contributed by atoms with Gasteiger partial charge in [-0.2, -0.15) is 0 Å². The van der Waals surface area contributed by atoms with Crippen molar-refractivity contribution < 1.29 is 23.7 Å². The molecule has 0 bridgehead atoms.